The van der Waals surface area contributed by atoms with Crippen LogP contribution in [0.3, 0.4) is 0 Å². The van der Waals surface area contributed by atoms with Crippen LogP contribution in [-0.4, -0.2) is 12.1 Å². The molecule has 0 saturated carbocycles. The molecule has 1 aliphatic rings. The van der Waals surface area contributed by atoms with Gasteiger partial charge in [0.15, 0.2) is 0 Å². The molecule has 0 saturated heterocycles. The van der Waals surface area contributed by atoms with E-state index in [9.17, 15) is 4.79 Å². The van der Waals surface area contributed by atoms with Crippen molar-refractivity contribution in [1.82, 2.24) is 0 Å². The number of nitrogens with one attached hydrogen (secondary N) is 1. The minimum absolute atomic E-state index is 0.126. The standard InChI is InChI=1S/C26H20Cl2N2O2S/c27-20-11-6-10-18(24(20)28)21-14-13-17(32-21)15-29-26-23(19-9-4-5-12-22(19)33-26)25(31)30-16-7-2-1-3-8-16/h1-3,6-8,10-11,13-15H,4-5,9,12H2,(H,30,31). The summed E-state index contributed by atoms with van der Waals surface area (Å²) in [5.74, 6) is 1.05. The van der Waals surface area contributed by atoms with Gasteiger partial charge in [0, 0.05) is 16.1 Å². The summed E-state index contributed by atoms with van der Waals surface area (Å²) < 4.78 is 5.94. The van der Waals surface area contributed by atoms with Crippen molar-refractivity contribution in [3.8, 4) is 11.3 Å². The Balaban J connectivity index is 1.45. The molecule has 4 nitrogen and oxygen atoms in total. The van der Waals surface area contributed by atoms with Crippen LogP contribution in [0.25, 0.3) is 11.3 Å². The summed E-state index contributed by atoms with van der Waals surface area (Å²) in [7, 11) is 0. The first-order valence-electron chi connectivity index (χ1n) is 10.7. The molecule has 0 spiro atoms. The lowest BCUT2D eigenvalue weighted by atomic mass is 9.95. The third-order valence-corrected chi connectivity index (χ3v) is 7.58. The van der Waals surface area contributed by atoms with E-state index in [-0.39, 0.29) is 5.91 Å². The maximum absolute atomic E-state index is 13.2. The van der Waals surface area contributed by atoms with E-state index in [1.807, 2.05) is 54.6 Å². The summed E-state index contributed by atoms with van der Waals surface area (Å²) in [6.07, 6.45) is 5.76. The van der Waals surface area contributed by atoms with Crippen molar-refractivity contribution in [2.45, 2.75) is 25.7 Å². The first-order chi connectivity index (χ1) is 16.1. The molecule has 0 radical (unpaired) electrons. The minimum Gasteiger partial charge on any atom is -0.455 e. The normalized spacial score (nSPS) is 13.3. The predicted octanol–water partition coefficient (Wildman–Crippen LogP) is 8.20. The van der Waals surface area contributed by atoms with E-state index in [1.54, 1.807) is 23.6 Å². The zero-order chi connectivity index (χ0) is 22.8. The summed E-state index contributed by atoms with van der Waals surface area (Å²) in [5, 5.41) is 4.63. The van der Waals surface area contributed by atoms with Gasteiger partial charge in [0.1, 0.15) is 16.5 Å². The molecule has 0 bridgehead atoms. The van der Waals surface area contributed by atoms with E-state index in [0.29, 0.717) is 32.1 Å². The number of benzene rings is 2. The number of para-hydroxylation sites is 1. The predicted molar refractivity (Wildman–Crippen MR) is 137 cm³/mol. The zero-order valence-corrected chi connectivity index (χ0v) is 19.9. The van der Waals surface area contributed by atoms with Crippen LogP contribution in [0.5, 0.6) is 0 Å². The molecule has 1 amide bonds. The quantitative estimate of drug-likeness (QED) is 0.284. The Morgan fingerprint density at radius 1 is 1.00 bits per heavy atom. The van der Waals surface area contributed by atoms with Gasteiger partial charge in [-0.05, 0) is 67.6 Å². The molecule has 1 N–H and O–H groups in total. The number of furan rings is 1. The first kappa shape index (κ1) is 22.0. The van der Waals surface area contributed by atoms with Crippen LogP contribution in [0.15, 0.2) is 70.1 Å². The third-order valence-electron chi connectivity index (χ3n) is 5.56. The van der Waals surface area contributed by atoms with Crippen LogP contribution in [0.2, 0.25) is 10.0 Å². The van der Waals surface area contributed by atoms with E-state index < -0.39 is 0 Å². The number of amides is 1. The second-order valence-electron chi connectivity index (χ2n) is 7.77. The fourth-order valence-corrected chi connectivity index (χ4v) is 5.60. The van der Waals surface area contributed by atoms with Gasteiger partial charge in [-0.3, -0.25) is 4.79 Å². The second kappa shape index (κ2) is 9.56. The topological polar surface area (TPSA) is 54.6 Å². The number of carbonyl (C=O) groups excluding carboxylic acids is 1. The van der Waals surface area contributed by atoms with Crippen LogP contribution in [0, 0.1) is 0 Å². The maximum Gasteiger partial charge on any atom is 0.259 e. The number of fused-ring (bicyclic) bond motifs is 1. The fourth-order valence-electron chi connectivity index (χ4n) is 3.97. The van der Waals surface area contributed by atoms with Crippen molar-refractivity contribution in [3.05, 3.63) is 92.5 Å². The molecule has 4 aromatic rings. The molecule has 7 heteroatoms. The largest absolute Gasteiger partial charge is 0.455 e. The third kappa shape index (κ3) is 4.62. The number of carbonyl (C=O) groups is 1. The van der Waals surface area contributed by atoms with Gasteiger partial charge in [0.05, 0.1) is 21.8 Å². The smallest absolute Gasteiger partial charge is 0.259 e. The van der Waals surface area contributed by atoms with E-state index in [0.717, 1.165) is 42.5 Å². The average Bonchev–Trinajstić information content (AvgIpc) is 3.44. The minimum atomic E-state index is -0.126. The van der Waals surface area contributed by atoms with Crippen molar-refractivity contribution in [2.75, 3.05) is 5.32 Å². The Kier molecular flexibility index (Phi) is 6.36. The summed E-state index contributed by atoms with van der Waals surface area (Å²) >= 11 is 14.0. The van der Waals surface area contributed by atoms with Gasteiger partial charge in [-0.2, -0.15) is 0 Å². The van der Waals surface area contributed by atoms with Crippen LogP contribution in [-0.2, 0) is 12.8 Å². The van der Waals surface area contributed by atoms with Gasteiger partial charge in [0.25, 0.3) is 5.91 Å². The number of rotatable bonds is 5. The van der Waals surface area contributed by atoms with Gasteiger partial charge >= 0.3 is 0 Å². The molecule has 2 aromatic carbocycles. The van der Waals surface area contributed by atoms with Crippen molar-refractivity contribution in [3.63, 3.8) is 0 Å². The Morgan fingerprint density at radius 2 is 1.82 bits per heavy atom. The molecule has 2 aromatic heterocycles. The molecular weight excluding hydrogens is 475 g/mol. The SMILES string of the molecule is O=C(Nc1ccccc1)c1c(N=Cc2ccc(-c3cccc(Cl)c3Cl)o2)sc2c1CCCC2. The van der Waals surface area contributed by atoms with Crippen LogP contribution in [0.1, 0.15) is 39.4 Å². The number of nitrogens with zero attached hydrogens (tertiary/aromatic N) is 1. The monoisotopic (exact) mass is 494 g/mol. The van der Waals surface area contributed by atoms with Crippen LogP contribution >= 0.6 is 34.5 Å². The van der Waals surface area contributed by atoms with Crippen LogP contribution in [0.4, 0.5) is 10.7 Å². The van der Waals surface area contributed by atoms with Gasteiger partial charge in [-0.25, -0.2) is 4.99 Å². The van der Waals surface area contributed by atoms with Crippen molar-refractivity contribution < 1.29 is 9.21 Å². The van der Waals surface area contributed by atoms with Crippen molar-refractivity contribution in [1.29, 1.82) is 0 Å². The number of hydrogen-bond donors (Lipinski definition) is 1. The van der Waals surface area contributed by atoms with Gasteiger partial charge in [0.2, 0.25) is 0 Å². The lowest BCUT2D eigenvalue weighted by Gasteiger charge is -2.12. The zero-order valence-electron chi connectivity index (χ0n) is 17.6. The Labute approximate surface area is 205 Å². The number of halogens is 2. The van der Waals surface area contributed by atoms with Gasteiger partial charge < -0.3 is 9.73 Å². The molecule has 0 fully saturated rings. The van der Waals surface area contributed by atoms with E-state index >= 15 is 0 Å². The number of aliphatic imine (C=N–C) groups is 1. The summed E-state index contributed by atoms with van der Waals surface area (Å²) in [6.45, 7) is 0. The lowest BCUT2D eigenvalue weighted by Crippen LogP contribution is -2.14. The Hall–Kier alpha value is -2.86. The molecule has 2 heterocycles. The second-order valence-corrected chi connectivity index (χ2v) is 9.64. The summed E-state index contributed by atoms with van der Waals surface area (Å²) in [6, 6.07) is 18.6. The van der Waals surface area contributed by atoms with E-state index in [2.05, 4.69) is 10.3 Å². The van der Waals surface area contributed by atoms with Gasteiger partial charge in [-0.1, -0.05) is 47.5 Å². The molecule has 5 rings (SSSR count). The van der Waals surface area contributed by atoms with Gasteiger partial charge in [-0.15, -0.1) is 11.3 Å². The first-order valence-corrected chi connectivity index (χ1v) is 12.3. The lowest BCUT2D eigenvalue weighted by molar-refractivity contribution is 0.102. The molecule has 0 atom stereocenters. The number of hydrogen-bond acceptors (Lipinski definition) is 4. The summed E-state index contributed by atoms with van der Waals surface area (Å²) in [4.78, 5) is 19.1. The number of thiophene rings is 1. The summed E-state index contributed by atoms with van der Waals surface area (Å²) in [5.41, 5.74) is 3.28. The highest BCUT2D eigenvalue weighted by Crippen LogP contribution is 2.40. The molecule has 0 aliphatic heterocycles. The highest BCUT2D eigenvalue weighted by Gasteiger charge is 2.25. The van der Waals surface area contributed by atoms with Crippen molar-refractivity contribution in [2.24, 2.45) is 4.99 Å². The van der Waals surface area contributed by atoms with Crippen LogP contribution < -0.4 is 5.32 Å². The Morgan fingerprint density at radius 3 is 2.67 bits per heavy atom. The molecule has 33 heavy (non-hydrogen) atoms. The number of aryl methyl sites for hydroxylation is 1. The van der Waals surface area contributed by atoms with Crippen molar-refractivity contribution >= 4 is 57.3 Å². The maximum atomic E-state index is 13.2. The highest BCUT2D eigenvalue weighted by molar-refractivity contribution is 7.16. The molecule has 0 unspecified atom stereocenters. The highest BCUT2D eigenvalue weighted by atomic mass is 35.5. The fraction of sp³-hybridized carbons (Fsp3) is 0.154. The molecule has 1 aliphatic carbocycles. The number of anilines is 1. The van der Waals surface area contributed by atoms with E-state index in [1.165, 1.54) is 4.88 Å². The molecular formula is C26H20Cl2N2O2S. The molecule has 166 valence electrons. The average molecular weight is 495 g/mol. The van der Waals surface area contributed by atoms with E-state index in [4.69, 9.17) is 27.6 Å². The Bertz CT molecular complexity index is 1340.